The summed E-state index contributed by atoms with van der Waals surface area (Å²) < 4.78 is 0.454. The van der Waals surface area contributed by atoms with E-state index < -0.39 is 52.0 Å². The number of carbonyl (C=O) groups is 3. The number of anilines is 1. The zero-order valence-electron chi connectivity index (χ0n) is 20.1. The number of Topliss-reactive ketones (excluding diaryl/α,β-unsaturated/α-hetero) is 2. The average molecular weight is 616 g/mol. The maximum atomic E-state index is 13.7. The van der Waals surface area contributed by atoms with E-state index in [4.69, 9.17) is 5.73 Å². The van der Waals surface area contributed by atoms with Crippen molar-refractivity contribution in [1.82, 2.24) is 0 Å². The number of nitrogens with zero attached hydrogens (tertiary/aromatic N) is 1. The molecule has 0 unspecified atom stereocenters. The molecule has 5 rings (SSSR count). The Morgan fingerprint density at radius 2 is 1.76 bits per heavy atom. The van der Waals surface area contributed by atoms with Crippen molar-refractivity contribution in [3.05, 3.63) is 61.9 Å². The van der Waals surface area contributed by atoms with Gasteiger partial charge in [0.2, 0.25) is 5.78 Å². The number of rotatable bonds is 3. The number of nitrogens with two attached hydrogens (primary N) is 1. The van der Waals surface area contributed by atoms with Gasteiger partial charge < -0.3 is 31.1 Å². The van der Waals surface area contributed by atoms with Crippen LogP contribution >= 0.6 is 22.6 Å². The average Bonchev–Trinajstić information content (AvgIpc) is 2.83. The number of carbonyl (C=O) groups excluding carboxylic acids is 3. The highest BCUT2D eigenvalue weighted by molar-refractivity contribution is 14.1. The number of amides is 1. The third-order valence-corrected chi connectivity index (χ3v) is 8.53. The van der Waals surface area contributed by atoms with Crippen LogP contribution in [0.1, 0.15) is 24.0 Å². The molecular formula is C27H25IN2O7. The topological polar surface area (TPSA) is 161 Å². The number of halogens is 1. The Hall–Kier alpha value is -3.38. The Morgan fingerprint density at radius 1 is 1.11 bits per heavy atom. The van der Waals surface area contributed by atoms with Crippen molar-refractivity contribution in [2.75, 3.05) is 19.0 Å². The van der Waals surface area contributed by atoms with E-state index >= 15 is 0 Å². The first kappa shape index (κ1) is 25.3. The molecule has 0 spiro atoms. The number of primary amides is 1. The highest BCUT2D eigenvalue weighted by Crippen LogP contribution is 2.53. The summed E-state index contributed by atoms with van der Waals surface area (Å²) in [6.45, 7) is 0. The van der Waals surface area contributed by atoms with Crippen molar-refractivity contribution in [1.29, 1.82) is 0 Å². The standard InChI is InChI=1S/C27H25IN2O7/c1-30(2)14-5-3-11(4-6-14)15-10-17(28)22(32)20-16(15)8-12-7-13-9-18(31)21(26(29)36)25(35)27(13,37)24(34)19(12)23(20)33/h3-6,10,12-13,32-33,35,37H,7-9H2,1-2H3,(H2,29,36)/t12-,13+,27+/m1/s1. The van der Waals surface area contributed by atoms with Crippen LogP contribution in [0, 0.1) is 15.4 Å². The lowest BCUT2D eigenvalue weighted by molar-refractivity contribution is -0.147. The number of phenolic OH excluding ortho intramolecular Hbond substituents is 1. The SMILES string of the molecule is CN(C)c1ccc(-c2cc(I)c(O)c3c2C[C@H]2C[C@H]4CC(=O)C(C(N)=O)=C(O)[C@@]4(O)C(=O)C2=C3O)cc1. The van der Waals surface area contributed by atoms with Crippen molar-refractivity contribution in [3.63, 3.8) is 0 Å². The number of hydrogen-bond donors (Lipinski definition) is 5. The normalized spacial score (nSPS) is 25.0. The third kappa shape index (κ3) is 3.57. The molecular weight excluding hydrogens is 591 g/mol. The number of aromatic hydroxyl groups is 1. The van der Waals surface area contributed by atoms with Crippen LogP contribution in [-0.2, 0) is 20.8 Å². The summed E-state index contributed by atoms with van der Waals surface area (Å²) in [5.74, 6) is -6.34. The monoisotopic (exact) mass is 616 g/mol. The Kier molecular flexibility index (Phi) is 5.87. The molecule has 1 fully saturated rings. The van der Waals surface area contributed by atoms with Crippen LogP contribution in [0.4, 0.5) is 5.69 Å². The van der Waals surface area contributed by atoms with Gasteiger partial charge >= 0.3 is 0 Å². The molecule has 192 valence electrons. The summed E-state index contributed by atoms with van der Waals surface area (Å²) in [6, 6.07) is 9.60. The van der Waals surface area contributed by atoms with Crippen molar-refractivity contribution < 1.29 is 34.8 Å². The first-order chi connectivity index (χ1) is 17.4. The molecule has 1 amide bonds. The van der Waals surface area contributed by atoms with E-state index in [1.807, 2.05) is 71.9 Å². The molecule has 0 heterocycles. The second-order valence-corrected chi connectivity index (χ2v) is 11.1. The van der Waals surface area contributed by atoms with Gasteiger partial charge in [0.05, 0.1) is 9.13 Å². The molecule has 0 bridgehead atoms. The van der Waals surface area contributed by atoms with Gasteiger partial charge in [0.1, 0.15) is 22.8 Å². The first-order valence-electron chi connectivity index (χ1n) is 11.7. The summed E-state index contributed by atoms with van der Waals surface area (Å²) in [5.41, 5.74) is 5.07. The lowest BCUT2D eigenvalue weighted by atomic mass is 9.59. The van der Waals surface area contributed by atoms with Crippen LogP contribution < -0.4 is 10.6 Å². The minimum atomic E-state index is -2.57. The van der Waals surface area contributed by atoms with Gasteiger partial charge in [0.25, 0.3) is 5.91 Å². The summed E-state index contributed by atoms with van der Waals surface area (Å²) in [7, 11) is 3.86. The molecule has 3 aliphatic carbocycles. The zero-order chi connectivity index (χ0) is 27.0. The molecule has 0 saturated heterocycles. The molecule has 3 atom stereocenters. The van der Waals surface area contributed by atoms with Gasteiger partial charge in [-0.05, 0) is 76.2 Å². The minimum absolute atomic E-state index is 0.0886. The van der Waals surface area contributed by atoms with Gasteiger partial charge in [0, 0.05) is 37.7 Å². The number of benzene rings is 2. The summed E-state index contributed by atoms with van der Waals surface area (Å²) in [4.78, 5) is 39.9. The Labute approximate surface area is 226 Å². The highest BCUT2D eigenvalue weighted by atomic mass is 127. The van der Waals surface area contributed by atoms with E-state index in [0.29, 0.717) is 9.13 Å². The number of phenols is 1. The van der Waals surface area contributed by atoms with Crippen LogP contribution in [0.25, 0.3) is 16.9 Å². The largest absolute Gasteiger partial charge is 0.508 e. The Bertz CT molecular complexity index is 1460. The summed E-state index contributed by atoms with van der Waals surface area (Å²) in [6.07, 6.45) is -0.00291. The molecule has 37 heavy (non-hydrogen) atoms. The van der Waals surface area contributed by atoms with Crippen LogP contribution in [0.15, 0.2) is 47.2 Å². The van der Waals surface area contributed by atoms with E-state index in [2.05, 4.69) is 0 Å². The number of ketones is 2. The van der Waals surface area contributed by atoms with Gasteiger partial charge in [-0.1, -0.05) is 12.1 Å². The number of aliphatic hydroxyl groups excluding tert-OH is 2. The quantitative estimate of drug-likeness (QED) is 0.260. The molecule has 10 heteroatoms. The van der Waals surface area contributed by atoms with Crippen molar-refractivity contribution in [2.45, 2.75) is 24.9 Å². The van der Waals surface area contributed by atoms with Gasteiger partial charge in [-0.3, -0.25) is 14.4 Å². The van der Waals surface area contributed by atoms with Gasteiger partial charge in [-0.25, -0.2) is 0 Å². The number of hydrogen-bond acceptors (Lipinski definition) is 8. The molecule has 6 N–H and O–H groups in total. The molecule has 3 aliphatic rings. The lowest BCUT2D eigenvalue weighted by Gasteiger charge is -2.46. The van der Waals surface area contributed by atoms with Crippen LogP contribution in [-0.4, -0.2) is 57.6 Å². The molecule has 2 aromatic carbocycles. The van der Waals surface area contributed by atoms with Gasteiger partial charge in [-0.2, -0.15) is 0 Å². The van der Waals surface area contributed by atoms with Gasteiger partial charge in [0.15, 0.2) is 11.4 Å². The van der Waals surface area contributed by atoms with E-state index in [-0.39, 0.29) is 36.1 Å². The van der Waals surface area contributed by atoms with Crippen LogP contribution in [0.2, 0.25) is 0 Å². The minimum Gasteiger partial charge on any atom is -0.508 e. The molecule has 9 nitrogen and oxygen atoms in total. The van der Waals surface area contributed by atoms with E-state index in [1.54, 1.807) is 0 Å². The molecule has 0 radical (unpaired) electrons. The fourth-order valence-electron chi connectivity index (χ4n) is 5.85. The van der Waals surface area contributed by atoms with Gasteiger partial charge in [-0.15, -0.1) is 0 Å². The number of fused-ring (bicyclic) bond motifs is 3. The van der Waals surface area contributed by atoms with Crippen molar-refractivity contribution in [3.8, 4) is 16.9 Å². The Balaban J connectivity index is 1.70. The molecule has 1 saturated carbocycles. The lowest BCUT2D eigenvalue weighted by Crippen LogP contribution is -2.58. The smallest absolute Gasteiger partial charge is 0.255 e. The third-order valence-electron chi connectivity index (χ3n) is 7.71. The van der Waals surface area contributed by atoms with Crippen molar-refractivity contribution >= 4 is 51.5 Å². The fraction of sp³-hybridized carbons (Fsp3) is 0.296. The summed E-state index contributed by atoms with van der Waals surface area (Å²) >= 11 is 1.95. The highest BCUT2D eigenvalue weighted by Gasteiger charge is 2.60. The second-order valence-electron chi connectivity index (χ2n) is 9.96. The van der Waals surface area contributed by atoms with Crippen LogP contribution in [0.5, 0.6) is 5.75 Å². The Morgan fingerprint density at radius 3 is 2.35 bits per heavy atom. The number of aliphatic hydroxyl groups is 3. The maximum Gasteiger partial charge on any atom is 0.255 e. The molecule has 2 aromatic rings. The van der Waals surface area contributed by atoms with Crippen molar-refractivity contribution in [2.24, 2.45) is 17.6 Å². The van der Waals surface area contributed by atoms with E-state index in [0.717, 1.165) is 16.8 Å². The zero-order valence-corrected chi connectivity index (χ0v) is 22.2. The van der Waals surface area contributed by atoms with Crippen LogP contribution in [0.3, 0.4) is 0 Å². The fourth-order valence-corrected chi connectivity index (χ4v) is 6.43. The second kappa shape index (κ2) is 8.59. The summed E-state index contributed by atoms with van der Waals surface area (Å²) in [5, 5.41) is 44.3. The van der Waals surface area contributed by atoms with E-state index in [9.17, 15) is 34.8 Å². The predicted octanol–water partition coefficient (Wildman–Crippen LogP) is 2.76. The first-order valence-corrected chi connectivity index (χ1v) is 12.7. The maximum absolute atomic E-state index is 13.7. The molecule has 0 aliphatic heterocycles. The molecule has 0 aromatic heterocycles. The van der Waals surface area contributed by atoms with E-state index in [1.165, 1.54) is 0 Å². The predicted molar refractivity (Wildman–Crippen MR) is 144 cm³/mol.